The van der Waals surface area contributed by atoms with Crippen LogP contribution in [0.1, 0.15) is 57.1 Å². The molecule has 3 rings (SSSR count). The van der Waals surface area contributed by atoms with Crippen molar-refractivity contribution in [2.75, 3.05) is 0 Å². The van der Waals surface area contributed by atoms with Crippen LogP contribution in [0.2, 0.25) is 0 Å². The maximum atomic E-state index is 14.7. The van der Waals surface area contributed by atoms with Crippen LogP contribution in [0.15, 0.2) is 47.7 Å². The topological polar surface area (TPSA) is 9.23 Å². The van der Waals surface area contributed by atoms with Gasteiger partial charge in [-0.25, -0.2) is 0 Å². The predicted octanol–water partition coefficient (Wildman–Crippen LogP) is 7.08. The fraction of sp³-hybridized carbons (Fsp3) is 0.565. The maximum absolute atomic E-state index is 14.7. The lowest BCUT2D eigenvalue weighted by molar-refractivity contribution is -0.191. The number of alkyl halides is 4. The van der Waals surface area contributed by atoms with E-state index in [-0.39, 0.29) is 6.61 Å². The predicted molar refractivity (Wildman–Crippen MR) is 102 cm³/mol. The lowest BCUT2D eigenvalue weighted by atomic mass is 9.75. The first-order chi connectivity index (χ1) is 13.3. The van der Waals surface area contributed by atoms with Gasteiger partial charge >= 0.3 is 11.8 Å². The summed E-state index contributed by atoms with van der Waals surface area (Å²) in [6.07, 6.45) is 6.81. The summed E-state index contributed by atoms with van der Waals surface area (Å²) >= 11 is 0. The molecule has 28 heavy (non-hydrogen) atoms. The van der Waals surface area contributed by atoms with Crippen LogP contribution < -0.4 is 0 Å². The van der Waals surface area contributed by atoms with Crippen molar-refractivity contribution in [1.29, 1.82) is 0 Å². The monoisotopic (exact) mass is 396 g/mol. The Hall–Kier alpha value is -1.78. The van der Waals surface area contributed by atoms with Crippen LogP contribution in [0.25, 0.3) is 0 Å². The quantitative estimate of drug-likeness (QED) is 0.467. The highest BCUT2D eigenvalue weighted by Crippen LogP contribution is 2.52. The Labute approximate surface area is 164 Å². The molecule has 0 atom stereocenters. The molecule has 0 aliphatic heterocycles. The third kappa shape index (κ3) is 4.13. The fourth-order valence-electron chi connectivity index (χ4n) is 4.06. The minimum absolute atomic E-state index is 0.159. The van der Waals surface area contributed by atoms with Crippen molar-refractivity contribution < 1.29 is 22.3 Å². The number of ether oxygens (including phenoxy) is 1. The summed E-state index contributed by atoms with van der Waals surface area (Å²) in [4.78, 5) is 0. The zero-order valence-corrected chi connectivity index (χ0v) is 16.5. The maximum Gasteiger partial charge on any atom is 0.370 e. The van der Waals surface area contributed by atoms with Crippen LogP contribution in [0.4, 0.5) is 17.6 Å². The zero-order valence-electron chi connectivity index (χ0n) is 16.5. The highest BCUT2D eigenvalue weighted by molar-refractivity contribution is 5.37. The number of aryl methyl sites for hydroxylation is 1. The third-order valence-electron chi connectivity index (χ3n) is 5.89. The van der Waals surface area contributed by atoms with Crippen LogP contribution in [0.5, 0.6) is 0 Å². The highest BCUT2D eigenvalue weighted by Gasteiger charge is 2.64. The Kier molecular flexibility index (Phi) is 6.21. The first kappa shape index (κ1) is 20.9. The number of benzene rings is 1. The van der Waals surface area contributed by atoms with E-state index in [1.54, 1.807) is 12.1 Å². The van der Waals surface area contributed by atoms with Gasteiger partial charge in [0, 0.05) is 5.57 Å². The number of halogens is 4. The van der Waals surface area contributed by atoms with Crippen molar-refractivity contribution in [3.8, 4) is 0 Å². The van der Waals surface area contributed by atoms with Gasteiger partial charge in [0.2, 0.25) is 0 Å². The van der Waals surface area contributed by atoms with Crippen molar-refractivity contribution in [3.05, 3.63) is 58.9 Å². The molecular weight excluding hydrogens is 368 g/mol. The molecule has 0 heterocycles. The van der Waals surface area contributed by atoms with Crippen LogP contribution in [0.3, 0.4) is 0 Å². The van der Waals surface area contributed by atoms with Crippen molar-refractivity contribution in [2.24, 2.45) is 11.8 Å². The summed E-state index contributed by atoms with van der Waals surface area (Å²) in [7, 11) is 0. The van der Waals surface area contributed by atoms with Gasteiger partial charge in [0.05, 0.1) is 0 Å². The van der Waals surface area contributed by atoms with Gasteiger partial charge in [0.25, 0.3) is 0 Å². The first-order valence-corrected chi connectivity index (χ1v) is 10.1. The minimum Gasteiger partial charge on any atom is -0.487 e. The van der Waals surface area contributed by atoms with Crippen LogP contribution in [-0.4, -0.2) is 11.8 Å². The van der Waals surface area contributed by atoms with Crippen molar-refractivity contribution in [1.82, 2.24) is 0 Å². The number of rotatable bonds is 6. The summed E-state index contributed by atoms with van der Waals surface area (Å²) in [6, 6.07) is 7.39. The van der Waals surface area contributed by atoms with Crippen molar-refractivity contribution in [2.45, 2.75) is 70.8 Å². The molecule has 1 nitrogen and oxygen atoms in total. The molecule has 0 spiro atoms. The highest BCUT2D eigenvalue weighted by atomic mass is 19.3. The Morgan fingerprint density at radius 2 is 1.50 bits per heavy atom. The molecule has 0 N–H and O–H groups in total. The van der Waals surface area contributed by atoms with Crippen molar-refractivity contribution in [3.63, 3.8) is 0 Å². The molecule has 0 radical (unpaired) electrons. The summed E-state index contributed by atoms with van der Waals surface area (Å²) in [5.41, 5.74) is 1.38. The second-order valence-electron chi connectivity index (χ2n) is 8.11. The van der Waals surface area contributed by atoms with Gasteiger partial charge in [0.15, 0.2) is 5.76 Å². The van der Waals surface area contributed by atoms with Gasteiger partial charge in [-0.05, 0) is 48.3 Å². The van der Waals surface area contributed by atoms with Gasteiger partial charge in [-0.3, -0.25) is 0 Å². The molecule has 2 aliphatic rings. The molecule has 154 valence electrons. The lowest BCUT2D eigenvalue weighted by Gasteiger charge is -2.38. The Bertz CT molecular complexity index is 725. The summed E-state index contributed by atoms with van der Waals surface area (Å²) in [6.45, 7) is 3.98. The van der Waals surface area contributed by atoms with E-state index in [2.05, 4.69) is 13.8 Å². The third-order valence-corrected chi connectivity index (χ3v) is 5.89. The van der Waals surface area contributed by atoms with Crippen LogP contribution in [-0.2, 0) is 17.8 Å². The Morgan fingerprint density at radius 1 is 0.893 bits per heavy atom. The largest absolute Gasteiger partial charge is 0.487 e. The SMILES string of the molecule is CCCc1ccc(COC2=CC=C(C3CCC(C)CC3)C(F)(F)C2(F)F)cc1. The second kappa shape index (κ2) is 8.30. The molecule has 1 aromatic carbocycles. The molecule has 1 aromatic rings. The smallest absolute Gasteiger partial charge is 0.370 e. The molecule has 5 heteroatoms. The van der Waals surface area contributed by atoms with E-state index in [0.29, 0.717) is 24.3 Å². The van der Waals surface area contributed by atoms with E-state index >= 15 is 0 Å². The van der Waals surface area contributed by atoms with Crippen LogP contribution >= 0.6 is 0 Å². The summed E-state index contributed by atoms with van der Waals surface area (Å²) in [5, 5.41) is 0. The van der Waals surface area contributed by atoms with E-state index < -0.39 is 29.1 Å². The molecule has 1 fully saturated rings. The molecular formula is C23H28F4O. The second-order valence-corrected chi connectivity index (χ2v) is 8.11. The molecule has 2 aliphatic carbocycles. The summed E-state index contributed by atoms with van der Waals surface area (Å²) in [5.74, 6) is -9.52. The van der Waals surface area contributed by atoms with Crippen LogP contribution in [0, 0.1) is 11.8 Å². The van der Waals surface area contributed by atoms with E-state index in [4.69, 9.17) is 4.74 Å². The number of hydrogen-bond donors (Lipinski definition) is 0. The van der Waals surface area contributed by atoms with Gasteiger partial charge in [0.1, 0.15) is 6.61 Å². The fourth-order valence-corrected chi connectivity index (χ4v) is 4.06. The minimum atomic E-state index is -4.33. The Morgan fingerprint density at radius 3 is 2.11 bits per heavy atom. The van der Waals surface area contributed by atoms with Gasteiger partial charge in [-0.1, -0.05) is 63.5 Å². The average molecular weight is 396 g/mol. The lowest BCUT2D eigenvalue weighted by Crippen LogP contribution is -2.48. The average Bonchev–Trinajstić information content (AvgIpc) is 2.65. The molecule has 0 unspecified atom stereocenters. The van der Waals surface area contributed by atoms with Crippen molar-refractivity contribution >= 4 is 0 Å². The summed E-state index contributed by atoms with van der Waals surface area (Å²) < 4.78 is 63.8. The standard InChI is InChI=1S/C23H28F4O/c1-3-4-17-7-9-18(10-8-17)15-28-21-14-13-20(22(24,25)23(21,26)27)19-11-5-16(2)6-12-19/h7-10,13-14,16,19H,3-6,11-12,15H2,1-2H3. The van der Waals surface area contributed by atoms with Gasteiger partial charge in [-0.2, -0.15) is 17.6 Å². The van der Waals surface area contributed by atoms with Gasteiger partial charge in [-0.15, -0.1) is 0 Å². The van der Waals surface area contributed by atoms with E-state index in [9.17, 15) is 17.6 Å². The molecule has 0 amide bonds. The molecule has 1 saturated carbocycles. The van der Waals surface area contributed by atoms with Gasteiger partial charge < -0.3 is 4.74 Å². The number of hydrogen-bond acceptors (Lipinski definition) is 1. The molecule has 0 saturated heterocycles. The molecule has 0 bridgehead atoms. The number of allylic oxidation sites excluding steroid dienone is 4. The van der Waals surface area contributed by atoms with E-state index in [0.717, 1.165) is 43.4 Å². The zero-order chi connectivity index (χ0) is 20.4. The normalized spacial score (nSPS) is 26.4. The van der Waals surface area contributed by atoms with E-state index in [1.807, 2.05) is 12.1 Å². The first-order valence-electron chi connectivity index (χ1n) is 10.1. The Balaban J connectivity index is 1.73. The molecule has 0 aromatic heterocycles. The van der Waals surface area contributed by atoms with E-state index in [1.165, 1.54) is 0 Å².